The second-order valence-electron chi connectivity index (χ2n) is 4.80. The number of rotatable bonds is 4. The third-order valence-corrected chi connectivity index (χ3v) is 3.72. The Labute approximate surface area is 102 Å². The van der Waals surface area contributed by atoms with Gasteiger partial charge in [-0.05, 0) is 25.9 Å². The molecule has 0 saturated carbocycles. The van der Waals surface area contributed by atoms with Gasteiger partial charge in [-0.2, -0.15) is 5.10 Å². The predicted molar refractivity (Wildman–Crippen MR) is 65.3 cm³/mol. The van der Waals surface area contributed by atoms with E-state index < -0.39 is 0 Å². The van der Waals surface area contributed by atoms with E-state index in [2.05, 4.69) is 15.7 Å². The van der Waals surface area contributed by atoms with Gasteiger partial charge in [0.1, 0.15) is 0 Å². The molecule has 2 N–H and O–H groups in total. The number of hydrogen-bond donors (Lipinski definition) is 2. The van der Waals surface area contributed by atoms with Gasteiger partial charge in [-0.3, -0.25) is 9.48 Å². The molecule has 17 heavy (non-hydrogen) atoms. The Morgan fingerprint density at radius 1 is 1.71 bits per heavy atom. The molecular formula is C12H20N4O. The summed E-state index contributed by atoms with van der Waals surface area (Å²) in [5.74, 6) is 0.720. The van der Waals surface area contributed by atoms with Crippen molar-refractivity contribution in [1.29, 1.82) is 0 Å². The lowest BCUT2D eigenvalue weighted by atomic mass is 9.88. The first-order valence-electron chi connectivity index (χ1n) is 6.05. The van der Waals surface area contributed by atoms with E-state index in [1.807, 2.05) is 31.8 Å². The summed E-state index contributed by atoms with van der Waals surface area (Å²) >= 11 is 0. The Morgan fingerprint density at radius 2 is 2.41 bits per heavy atom. The molecule has 2 heterocycles. The van der Waals surface area contributed by atoms with Gasteiger partial charge in [0.05, 0.1) is 6.20 Å². The van der Waals surface area contributed by atoms with Gasteiger partial charge in [-0.1, -0.05) is 6.92 Å². The second-order valence-corrected chi connectivity index (χ2v) is 4.80. The van der Waals surface area contributed by atoms with Gasteiger partial charge in [0, 0.05) is 30.8 Å². The zero-order valence-corrected chi connectivity index (χ0v) is 10.7. The molecule has 0 aromatic carbocycles. The summed E-state index contributed by atoms with van der Waals surface area (Å²) in [4.78, 5) is 11.9. The highest BCUT2D eigenvalue weighted by molar-refractivity contribution is 5.78. The highest BCUT2D eigenvalue weighted by Gasteiger charge is 2.28. The van der Waals surface area contributed by atoms with Crippen LogP contribution < -0.4 is 10.6 Å². The van der Waals surface area contributed by atoms with Crippen molar-refractivity contribution in [3.63, 3.8) is 0 Å². The fourth-order valence-corrected chi connectivity index (χ4v) is 1.94. The van der Waals surface area contributed by atoms with Crippen LogP contribution in [0.4, 0.5) is 0 Å². The quantitative estimate of drug-likeness (QED) is 0.785. The Morgan fingerprint density at radius 3 is 2.88 bits per heavy atom. The molecule has 1 aromatic heterocycles. The van der Waals surface area contributed by atoms with Crippen molar-refractivity contribution < 1.29 is 4.79 Å². The van der Waals surface area contributed by atoms with Crippen molar-refractivity contribution >= 4 is 5.91 Å². The van der Waals surface area contributed by atoms with Gasteiger partial charge >= 0.3 is 0 Å². The maximum absolute atomic E-state index is 11.9. The molecule has 1 aromatic rings. The first-order valence-corrected chi connectivity index (χ1v) is 6.05. The van der Waals surface area contributed by atoms with Gasteiger partial charge in [0.15, 0.2) is 0 Å². The summed E-state index contributed by atoms with van der Waals surface area (Å²) < 4.78 is 1.82. The van der Waals surface area contributed by atoms with Crippen molar-refractivity contribution in [3.05, 3.63) is 17.5 Å². The van der Waals surface area contributed by atoms with Crippen LogP contribution in [0.1, 0.15) is 18.2 Å². The topological polar surface area (TPSA) is 59.0 Å². The first-order chi connectivity index (χ1) is 8.09. The zero-order chi connectivity index (χ0) is 12.4. The minimum Gasteiger partial charge on any atom is -0.352 e. The molecule has 2 rings (SSSR count). The van der Waals surface area contributed by atoms with Crippen molar-refractivity contribution in [2.75, 3.05) is 13.1 Å². The molecule has 1 atom stereocenters. The summed E-state index contributed by atoms with van der Waals surface area (Å²) in [6, 6.07) is 0. The third-order valence-electron chi connectivity index (χ3n) is 3.72. The molecule has 1 amide bonds. The van der Waals surface area contributed by atoms with Crippen molar-refractivity contribution in [3.8, 4) is 0 Å². The number of nitrogens with one attached hydrogen (secondary N) is 2. The van der Waals surface area contributed by atoms with E-state index in [0.717, 1.165) is 24.3 Å². The van der Waals surface area contributed by atoms with E-state index in [1.54, 1.807) is 0 Å². The average Bonchev–Trinajstić information content (AvgIpc) is 2.54. The fraction of sp³-hybridized carbons (Fsp3) is 0.667. The average molecular weight is 236 g/mol. The molecule has 5 heteroatoms. The SMILES string of the molecule is Cc1c(CNC(=O)C(C)C2CNC2)cnn1C. The summed E-state index contributed by atoms with van der Waals surface area (Å²) in [5.41, 5.74) is 2.18. The number of amides is 1. The van der Waals surface area contributed by atoms with E-state index >= 15 is 0 Å². The molecule has 0 bridgehead atoms. The number of hydrogen-bond acceptors (Lipinski definition) is 3. The highest BCUT2D eigenvalue weighted by Crippen LogP contribution is 2.16. The predicted octanol–water partition coefficient (Wildman–Crippen LogP) is 0.200. The van der Waals surface area contributed by atoms with E-state index in [-0.39, 0.29) is 11.8 Å². The monoisotopic (exact) mass is 236 g/mol. The minimum absolute atomic E-state index is 0.0910. The number of aryl methyl sites for hydroxylation is 1. The first kappa shape index (κ1) is 12.1. The van der Waals surface area contributed by atoms with Crippen LogP contribution in [0.25, 0.3) is 0 Å². The molecule has 5 nitrogen and oxygen atoms in total. The molecule has 1 aliphatic heterocycles. The van der Waals surface area contributed by atoms with Crippen molar-refractivity contribution in [2.24, 2.45) is 18.9 Å². The van der Waals surface area contributed by atoms with Crippen LogP contribution in [-0.4, -0.2) is 28.8 Å². The van der Waals surface area contributed by atoms with Crippen molar-refractivity contribution in [2.45, 2.75) is 20.4 Å². The Hall–Kier alpha value is -1.36. The number of nitrogens with zero attached hydrogens (tertiary/aromatic N) is 2. The lowest BCUT2D eigenvalue weighted by Gasteiger charge is -2.31. The van der Waals surface area contributed by atoms with Crippen LogP contribution in [-0.2, 0) is 18.4 Å². The molecule has 0 aliphatic carbocycles. The maximum atomic E-state index is 11.9. The number of aromatic nitrogens is 2. The van der Waals surface area contributed by atoms with Crippen molar-refractivity contribution in [1.82, 2.24) is 20.4 Å². The van der Waals surface area contributed by atoms with E-state index in [1.165, 1.54) is 0 Å². The summed E-state index contributed by atoms with van der Waals surface area (Å²) in [6.07, 6.45) is 1.81. The van der Waals surface area contributed by atoms with Gasteiger partial charge in [0.2, 0.25) is 5.91 Å². The van der Waals surface area contributed by atoms with E-state index in [0.29, 0.717) is 12.5 Å². The molecule has 0 radical (unpaired) electrons. The lowest BCUT2D eigenvalue weighted by Crippen LogP contribution is -2.49. The summed E-state index contributed by atoms with van der Waals surface area (Å²) in [5, 5.41) is 10.3. The highest BCUT2D eigenvalue weighted by atomic mass is 16.1. The number of carbonyl (C=O) groups excluding carboxylic acids is 1. The molecule has 94 valence electrons. The molecule has 1 fully saturated rings. The number of carbonyl (C=O) groups is 1. The molecule has 1 aliphatic rings. The van der Waals surface area contributed by atoms with E-state index in [9.17, 15) is 4.79 Å². The normalized spacial score (nSPS) is 17.6. The molecule has 0 spiro atoms. The zero-order valence-electron chi connectivity index (χ0n) is 10.7. The van der Waals surface area contributed by atoms with Gasteiger partial charge in [-0.15, -0.1) is 0 Å². The van der Waals surface area contributed by atoms with Crippen LogP contribution >= 0.6 is 0 Å². The second kappa shape index (κ2) is 4.87. The molecule has 1 unspecified atom stereocenters. The standard InChI is InChI=1S/C12H20N4O/c1-8(10-4-13-5-10)12(17)14-6-11-7-15-16(3)9(11)2/h7-8,10,13H,4-6H2,1-3H3,(H,14,17). The van der Waals surface area contributed by atoms with Gasteiger partial charge in [0.25, 0.3) is 0 Å². The maximum Gasteiger partial charge on any atom is 0.223 e. The van der Waals surface area contributed by atoms with Crippen LogP contribution in [0.3, 0.4) is 0 Å². The Kier molecular flexibility index (Phi) is 3.47. The van der Waals surface area contributed by atoms with Crippen LogP contribution in [0.15, 0.2) is 6.20 Å². The Balaban J connectivity index is 1.85. The van der Waals surface area contributed by atoms with Crippen LogP contribution in [0.2, 0.25) is 0 Å². The molecular weight excluding hydrogens is 216 g/mol. The molecule has 1 saturated heterocycles. The van der Waals surface area contributed by atoms with Crippen LogP contribution in [0, 0.1) is 18.8 Å². The van der Waals surface area contributed by atoms with Gasteiger partial charge in [-0.25, -0.2) is 0 Å². The van der Waals surface area contributed by atoms with Gasteiger partial charge < -0.3 is 10.6 Å². The smallest absolute Gasteiger partial charge is 0.223 e. The largest absolute Gasteiger partial charge is 0.352 e. The summed E-state index contributed by atoms with van der Waals surface area (Å²) in [7, 11) is 1.91. The third kappa shape index (κ3) is 2.49. The Bertz CT molecular complexity index is 409. The van der Waals surface area contributed by atoms with Crippen LogP contribution in [0.5, 0.6) is 0 Å². The fourth-order valence-electron chi connectivity index (χ4n) is 1.94. The van der Waals surface area contributed by atoms with E-state index in [4.69, 9.17) is 0 Å². The minimum atomic E-state index is 0.0910. The summed E-state index contributed by atoms with van der Waals surface area (Å²) in [6.45, 7) is 6.49. The lowest BCUT2D eigenvalue weighted by molar-refractivity contribution is -0.126.